The Labute approximate surface area is 172 Å². The number of para-hydroxylation sites is 3. The Balaban J connectivity index is 1.63. The van der Waals surface area contributed by atoms with E-state index in [1.807, 2.05) is 24.3 Å². The van der Waals surface area contributed by atoms with E-state index in [9.17, 15) is 14.4 Å². The summed E-state index contributed by atoms with van der Waals surface area (Å²) < 4.78 is 2.23. The summed E-state index contributed by atoms with van der Waals surface area (Å²) in [7, 11) is 0. The number of aromatic nitrogens is 2. The van der Waals surface area contributed by atoms with Crippen LogP contribution in [0.25, 0.3) is 5.69 Å². The Bertz CT molecular complexity index is 1240. The van der Waals surface area contributed by atoms with E-state index in [2.05, 4.69) is 10.6 Å². The zero-order chi connectivity index (χ0) is 20.9. The molecular weight excluding hydrogens is 380 g/mol. The van der Waals surface area contributed by atoms with E-state index < -0.39 is 11.7 Å². The van der Waals surface area contributed by atoms with Gasteiger partial charge >= 0.3 is 11.7 Å². The van der Waals surface area contributed by atoms with Gasteiger partial charge in [-0.3, -0.25) is 9.36 Å². The number of nitrogens with zero attached hydrogens (tertiary/aromatic N) is 2. The fraction of sp³-hybridized carbons (Fsp3) is 0. The van der Waals surface area contributed by atoms with E-state index in [1.54, 1.807) is 60.7 Å². The highest BCUT2D eigenvalue weighted by Gasteiger charge is 2.17. The van der Waals surface area contributed by atoms with E-state index in [-0.39, 0.29) is 5.91 Å². The maximum atomic E-state index is 12.9. The summed E-state index contributed by atoms with van der Waals surface area (Å²) in [6.45, 7) is 0. The molecule has 0 fully saturated rings. The van der Waals surface area contributed by atoms with Crippen molar-refractivity contribution in [3.63, 3.8) is 0 Å². The number of rotatable bonds is 4. The van der Waals surface area contributed by atoms with Crippen LogP contribution in [0.1, 0.15) is 10.4 Å². The quantitative estimate of drug-likeness (QED) is 0.545. The highest BCUT2D eigenvalue weighted by atomic mass is 16.2. The fourth-order valence-electron chi connectivity index (χ4n) is 3.02. The first-order valence-electron chi connectivity index (χ1n) is 9.26. The molecule has 1 aromatic heterocycles. The van der Waals surface area contributed by atoms with Gasteiger partial charge in [-0.1, -0.05) is 48.5 Å². The second kappa shape index (κ2) is 8.32. The maximum absolute atomic E-state index is 12.9. The predicted octanol–water partition coefficient (Wildman–Crippen LogP) is 3.97. The Morgan fingerprint density at radius 2 is 1.23 bits per heavy atom. The first-order valence-corrected chi connectivity index (χ1v) is 9.26. The van der Waals surface area contributed by atoms with Crippen LogP contribution in [0.3, 0.4) is 0 Å². The molecule has 0 spiro atoms. The third-order valence-corrected chi connectivity index (χ3v) is 4.46. The molecule has 3 aromatic carbocycles. The highest BCUT2D eigenvalue weighted by Crippen LogP contribution is 2.16. The van der Waals surface area contributed by atoms with Gasteiger partial charge < -0.3 is 10.6 Å². The van der Waals surface area contributed by atoms with E-state index in [0.29, 0.717) is 22.6 Å². The Kier molecular flexibility index (Phi) is 5.25. The van der Waals surface area contributed by atoms with Crippen LogP contribution in [0, 0.1) is 0 Å². The lowest BCUT2D eigenvalue weighted by molar-refractivity contribution is 0.102. The lowest BCUT2D eigenvalue weighted by atomic mass is 10.1. The molecule has 0 bridgehead atoms. The zero-order valence-electron chi connectivity index (χ0n) is 15.9. The average Bonchev–Trinajstić information content (AvgIpc) is 3.16. The van der Waals surface area contributed by atoms with Crippen molar-refractivity contribution in [1.82, 2.24) is 9.13 Å². The number of carbonyl (C=O) groups excluding carboxylic acids is 2. The van der Waals surface area contributed by atoms with Gasteiger partial charge in [0.1, 0.15) is 0 Å². The van der Waals surface area contributed by atoms with E-state index in [1.165, 1.54) is 17.0 Å². The molecular formula is C23H18N4O3. The number of amides is 2. The molecule has 0 unspecified atom stereocenters. The molecule has 0 aliphatic carbocycles. The molecule has 0 radical (unpaired) electrons. The first kappa shape index (κ1) is 18.9. The van der Waals surface area contributed by atoms with Gasteiger partial charge in [-0.25, -0.2) is 14.2 Å². The summed E-state index contributed by atoms with van der Waals surface area (Å²) in [5.74, 6) is -0.356. The number of benzene rings is 3. The maximum Gasteiger partial charge on any atom is 0.341 e. The molecule has 2 N–H and O–H groups in total. The van der Waals surface area contributed by atoms with Crippen molar-refractivity contribution in [1.29, 1.82) is 0 Å². The SMILES string of the molecule is O=C(Nc1ccccc1)c1ccccc1-n1ccn(C(=O)Nc2ccccc2)c1=O. The van der Waals surface area contributed by atoms with Crippen molar-refractivity contribution < 1.29 is 9.59 Å². The van der Waals surface area contributed by atoms with Crippen LogP contribution >= 0.6 is 0 Å². The molecule has 0 saturated carbocycles. The smallest absolute Gasteiger partial charge is 0.322 e. The van der Waals surface area contributed by atoms with Crippen LogP contribution < -0.4 is 16.3 Å². The molecule has 0 aliphatic rings. The molecule has 2 amide bonds. The molecule has 4 rings (SSSR count). The minimum Gasteiger partial charge on any atom is -0.322 e. The lowest BCUT2D eigenvalue weighted by Crippen LogP contribution is -2.32. The standard InChI is InChI=1S/C23H18N4O3/c28-21(24-17-9-3-1-4-10-17)19-13-7-8-14-20(19)26-15-16-27(23(26)30)22(29)25-18-11-5-2-6-12-18/h1-16H,(H,24,28)(H,25,29). The largest absolute Gasteiger partial charge is 0.341 e. The van der Waals surface area contributed by atoms with Crippen LogP contribution in [0.2, 0.25) is 0 Å². The van der Waals surface area contributed by atoms with Crippen molar-refractivity contribution in [3.05, 3.63) is 113 Å². The number of carbonyl (C=O) groups is 2. The molecule has 7 nitrogen and oxygen atoms in total. The topological polar surface area (TPSA) is 85.1 Å². The monoisotopic (exact) mass is 398 g/mol. The number of anilines is 2. The average molecular weight is 398 g/mol. The number of imidazole rings is 1. The van der Waals surface area contributed by atoms with Crippen molar-refractivity contribution in [3.8, 4) is 5.69 Å². The Morgan fingerprint density at radius 3 is 1.90 bits per heavy atom. The number of hydrogen-bond acceptors (Lipinski definition) is 3. The number of hydrogen-bond donors (Lipinski definition) is 2. The Morgan fingerprint density at radius 1 is 0.667 bits per heavy atom. The van der Waals surface area contributed by atoms with E-state index >= 15 is 0 Å². The zero-order valence-corrected chi connectivity index (χ0v) is 15.9. The van der Waals surface area contributed by atoms with E-state index in [4.69, 9.17) is 0 Å². The van der Waals surface area contributed by atoms with Gasteiger partial charge in [0.05, 0.1) is 11.3 Å². The second-order valence-electron chi connectivity index (χ2n) is 6.45. The van der Waals surface area contributed by atoms with Gasteiger partial charge in [0.25, 0.3) is 5.91 Å². The fourth-order valence-corrected chi connectivity index (χ4v) is 3.02. The normalized spacial score (nSPS) is 10.4. The van der Waals surface area contributed by atoms with Gasteiger partial charge in [0.2, 0.25) is 0 Å². The van der Waals surface area contributed by atoms with E-state index in [0.717, 1.165) is 4.57 Å². The molecule has 0 saturated heterocycles. The van der Waals surface area contributed by atoms with Gasteiger partial charge in [0, 0.05) is 23.8 Å². The molecule has 0 aliphatic heterocycles. The Hall–Kier alpha value is -4.39. The summed E-state index contributed by atoms with van der Waals surface area (Å²) in [5.41, 5.74) is 1.32. The number of nitrogens with one attached hydrogen (secondary N) is 2. The molecule has 4 aromatic rings. The summed E-state index contributed by atoms with van der Waals surface area (Å²) in [4.78, 5) is 38.2. The summed E-state index contributed by atoms with van der Waals surface area (Å²) >= 11 is 0. The van der Waals surface area contributed by atoms with Crippen LogP contribution in [0.4, 0.5) is 16.2 Å². The molecule has 7 heteroatoms. The van der Waals surface area contributed by atoms with Crippen LogP contribution in [-0.4, -0.2) is 21.1 Å². The molecule has 30 heavy (non-hydrogen) atoms. The summed E-state index contributed by atoms with van der Waals surface area (Å²) in [5, 5.41) is 5.47. The first-order chi connectivity index (χ1) is 14.6. The second-order valence-corrected chi connectivity index (χ2v) is 6.45. The van der Waals surface area contributed by atoms with Crippen LogP contribution in [0.5, 0.6) is 0 Å². The van der Waals surface area contributed by atoms with Crippen molar-refractivity contribution in [2.24, 2.45) is 0 Å². The highest BCUT2D eigenvalue weighted by molar-refractivity contribution is 6.06. The lowest BCUT2D eigenvalue weighted by Gasteiger charge is -2.10. The van der Waals surface area contributed by atoms with Gasteiger partial charge in [-0.05, 0) is 36.4 Å². The van der Waals surface area contributed by atoms with Crippen molar-refractivity contribution in [2.75, 3.05) is 10.6 Å². The molecule has 1 heterocycles. The molecule has 148 valence electrons. The van der Waals surface area contributed by atoms with Gasteiger partial charge in [0.15, 0.2) is 0 Å². The third-order valence-electron chi connectivity index (χ3n) is 4.46. The summed E-state index contributed by atoms with van der Waals surface area (Å²) in [6, 6.07) is 24.0. The van der Waals surface area contributed by atoms with Crippen molar-refractivity contribution >= 4 is 23.3 Å². The minimum atomic E-state index is -0.587. The van der Waals surface area contributed by atoms with Crippen LogP contribution in [0.15, 0.2) is 102 Å². The predicted molar refractivity (Wildman–Crippen MR) is 115 cm³/mol. The van der Waals surface area contributed by atoms with Gasteiger partial charge in [-0.2, -0.15) is 0 Å². The molecule has 0 atom stereocenters. The van der Waals surface area contributed by atoms with Crippen molar-refractivity contribution in [2.45, 2.75) is 0 Å². The minimum absolute atomic E-state index is 0.310. The van der Waals surface area contributed by atoms with Crippen LogP contribution in [-0.2, 0) is 0 Å². The third kappa shape index (κ3) is 3.90. The van der Waals surface area contributed by atoms with Gasteiger partial charge in [-0.15, -0.1) is 0 Å². The summed E-state index contributed by atoms with van der Waals surface area (Å²) in [6.07, 6.45) is 2.83.